The molecule has 3 atom stereocenters. The van der Waals surface area contributed by atoms with Crippen LogP contribution in [-0.4, -0.2) is 50.1 Å². The molecule has 3 aliphatic rings. The lowest BCUT2D eigenvalue weighted by atomic mass is 9.86. The molecular weight excluding hydrogens is 250 g/mol. The summed E-state index contributed by atoms with van der Waals surface area (Å²) in [6.07, 6.45) is 7.40. The Morgan fingerprint density at radius 3 is 2.75 bits per heavy atom. The molecule has 0 aromatic carbocycles. The number of carbonyl (C=O) groups excluding carboxylic acids is 1. The predicted molar refractivity (Wildman–Crippen MR) is 80.5 cm³/mol. The first-order valence-electron chi connectivity index (χ1n) is 8.51. The lowest BCUT2D eigenvalue weighted by molar-refractivity contribution is -0.122. The third-order valence-electron chi connectivity index (χ3n) is 5.52. The highest BCUT2D eigenvalue weighted by molar-refractivity contribution is 5.76. The monoisotopic (exact) mass is 279 g/mol. The van der Waals surface area contributed by atoms with Gasteiger partial charge in [-0.3, -0.25) is 4.79 Å². The third-order valence-corrected chi connectivity index (χ3v) is 5.52. The summed E-state index contributed by atoms with van der Waals surface area (Å²) >= 11 is 0. The second-order valence-corrected chi connectivity index (χ2v) is 6.93. The maximum Gasteiger partial charge on any atom is 0.220 e. The number of nitrogens with zero attached hydrogens (tertiary/aromatic N) is 1. The summed E-state index contributed by atoms with van der Waals surface area (Å²) in [5.41, 5.74) is 0. The summed E-state index contributed by atoms with van der Waals surface area (Å²) < 4.78 is 0. The number of piperazine rings is 1. The van der Waals surface area contributed by atoms with E-state index in [1.807, 2.05) is 0 Å². The van der Waals surface area contributed by atoms with E-state index in [1.54, 1.807) is 0 Å². The lowest BCUT2D eigenvalue weighted by Crippen LogP contribution is -2.44. The van der Waals surface area contributed by atoms with Crippen molar-refractivity contribution in [3.05, 3.63) is 0 Å². The van der Waals surface area contributed by atoms with Crippen molar-refractivity contribution < 1.29 is 4.79 Å². The maximum atomic E-state index is 12.0. The number of carbonyl (C=O) groups is 1. The average molecular weight is 279 g/mol. The van der Waals surface area contributed by atoms with Gasteiger partial charge in [-0.05, 0) is 50.0 Å². The Morgan fingerprint density at radius 1 is 1.20 bits per heavy atom. The number of nitrogens with one attached hydrogen (secondary N) is 2. The van der Waals surface area contributed by atoms with Crippen LogP contribution in [0.2, 0.25) is 0 Å². The molecule has 1 aliphatic heterocycles. The Morgan fingerprint density at radius 2 is 2.05 bits per heavy atom. The van der Waals surface area contributed by atoms with Crippen LogP contribution in [0.1, 0.15) is 38.5 Å². The van der Waals surface area contributed by atoms with Crippen molar-refractivity contribution in [2.24, 2.45) is 17.8 Å². The van der Waals surface area contributed by atoms with Crippen molar-refractivity contribution in [1.29, 1.82) is 0 Å². The second kappa shape index (κ2) is 6.90. The fraction of sp³-hybridized carbons (Fsp3) is 0.938. The normalized spacial score (nSPS) is 33.5. The molecule has 0 aromatic rings. The molecule has 114 valence electrons. The van der Waals surface area contributed by atoms with E-state index in [2.05, 4.69) is 15.5 Å². The van der Waals surface area contributed by atoms with Crippen LogP contribution in [0.4, 0.5) is 0 Å². The van der Waals surface area contributed by atoms with E-state index in [0.717, 1.165) is 63.9 Å². The topological polar surface area (TPSA) is 44.4 Å². The molecule has 2 saturated carbocycles. The fourth-order valence-corrected chi connectivity index (χ4v) is 4.40. The Hall–Kier alpha value is -0.610. The molecule has 1 heterocycles. The average Bonchev–Trinajstić information content (AvgIpc) is 3.07. The third kappa shape index (κ3) is 3.73. The summed E-state index contributed by atoms with van der Waals surface area (Å²) in [6.45, 7) is 6.49. The summed E-state index contributed by atoms with van der Waals surface area (Å²) in [5, 5.41) is 6.49. The van der Waals surface area contributed by atoms with E-state index in [4.69, 9.17) is 0 Å². The highest BCUT2D eigenvalue weighted by Crippen LogP contribution is 2.49. The van der Waals surface area contributed by atoms with Crippen molar-refractivity contribution >= 4 is 5.91 Å². The molecular formula is C16H29N3O. The highest BCUT2D eigenvalue weighted by atomic mass is 16.1. The van der Waals surface area contributed by atoms with Crippen LogP contribution in [0, 0.1) is 17.8 Å². The van der Waals surface area contributed by atoms with Gasteiger partial charge in [-0.25, -0.2) is 0 Å². The SMILES string of the molecule is O=C(CC1CC2CCC1C2)NCCCN1CCNCC1. The van der Waals surface area contributed by atoms with Crippen molar-refractivity contribution in [3.63, 3.8) is 0 Å². The summed E-state index contributed by atoms with van der Waals surface area (Å²) in [4.78, 5) is 14.5. The maximum absolute atomic E-state index is 12.0. The molecule has 0 spiro atoms. The van der Waals surface area contributed by atoms with E-state index < -0.39 is 0 Å². The molecule has 1 saturated heterocycles. The van der Waals surface area contributed by atoms with Gasteiger partial charge in [0.25, 0.3) is 0 Å². The summed E-state index contributed by atoms with van der Waals surface area (Å²) in [5.74, 6) is 2.81. The van der Waals surface area contributed by atoms with Crippen LogP contribution >= 0.6 is 0 Å². The zero-order chi connectivity index (χ0) is 13.8. The molecule has 3 unspecified atom stereocenters. The standard InChI is InChI=1S/C16H29N3O/c20-16(12-15-11-13-2-3-14(15)10-13)18-4-1-7-19-8-5-17-6-9-19/h13-15,17H,1-12H2,(H,18,20). The van der Waals surface area contributed by atoms with Crippen molar-refractivity contribution in [2.75, 3.05) is 39.3 Å². The van der Waals surface area contributed by atoms with Crippen LogP contribution in [0.15, 0.2) is 0 Å². The van der Waals surface area contributed by atoms with E-state index in [-0.39, 0.29) is 0 Å². The van der Waals surface area contributed by atoms with E-state index in [9.17, 15) is 4.79 Å². The number of rotatable bonds is 6. The van der Waals surface area contributed by atoms with E-state index in [0.29, 0.717) is 11.8 Å². The molecule has 20 heavy (non-hydrogen) atoms. The summed E-state index contributed by atoms with van der Waals surface area (Å²) in [7, 11) is 0. The largest absolute Gasteiger partial charge is 0.356 e. The Labute approximate surface area is 122 Å². The van der Waals surface area contributed by atoms with Gasteiger partial charge < -0.3 is 15.5 Å². The van der Waals surface area contributed by atoms with E-state index >= 15 is 0 Å². The first-order chi connectivity index (χ1) is 9.81. The number of amides is 1. The molecule has 1 amide bonds. The van der Waals surface area contributed by atoms with Gasteiger partial charge >= 0.3 is 0 Å². The van der Waals surface area contributed by atoms with Crippen LogP contribution in [-0.2, 0) is 4.79 Å². The van der Waals surface area contributed by atoms with Gasteiger partial charge in [0.2, 0.25) is 5.91 Å². The Balaban J connectivity index is 1.26. The van der Waals surface area contributed by atoms with Crippen LogP contribution in [0.3, 0.4) is 0 Å². The molecule has 3 rings (SSSR count). The Kier molecular flexibility index (Phi) is 4.94. The van der Waals surface area contributed by atoms with E-state index in [1.165, 1.54) is 25.7 Å². The van der Waals surface area contributed by atoms with Gasteiger partial charge in [0.15, 0.2) is 0 Å². The molecule has 2 bridgehead atoms. The summed E-state index contributed by atoms with van der Waals surface area (Å²) in [6, 6.07) is 0. The van der Waals surface area contributed by atoms with Crippen molar-refractivity contribution in [2.45, 2.75) is 38.5 Å². The molecule has 4 heteroatoms. The second-order valence-electron chi connectivity index (χ2n) is 6.93. The van der Waals surface area contributed by atoms with Gasteiger partial charge in [-0.15, -0.1) is 0 Å². The fourth-order valence-electron chi connectivity index (χ4n) is 4.40. The van der Waals surface area contributed by atoms with Gasteiger partial charge in [0.05, 0.1) is 0 Å². The number of fused-ring (bicyclic) bond motifs is 2. The van der Waals surface area contributed by atoms with Crippen LogP contribution in [0.5, 0.6) is 0 Å². The lowest BCUT2D eigenvalue weighted by Gasteiger charge is -2.27. The zero-order valence-corrected chi connectivity index (χ0v) is 12.6. The minimum Gasteiger partial charge on any atom is -0.356 e. The van der Waals surface area contributed by atoms with Gasteiger partial charge in [-0.1, -0.05) is 6.42 Å². The minimum absolute atomic E-state index is 0.294. The molecule has 4 nitrogen and oxygen atoms in total. The smallest absolute Gasteiger partial charge is 0.220 e. The molecule has 2 aliphatic carbocycles. The van der Waals surface area contributed by atoms with Crippen molar-refractivity contribution in [3.8, 4) is 0 Å². The number of hydrogen-bond donors (Lipinski definition) is 2. The highest BCUT2D eigenvalue weighted by Gasteiger charge is 2.39. The molecule has 0 aromatic heterocycles. The van der Waals surface area contributed by atoms with Gasteiger partial charge in [0.1, 0.15) is 0 Å². The molecule has 3 fully saturated rings. The predicted octanol–water partition coefficient (Wildman–Crippen LogP) is 1.22. The molecule has 0 radical (unpaired) electrons. The quantitative estimate of drug-likeness (QED) is 0.719. The van der Waals surface area contributed by atoms with Crippen LogP contribution < -0.4 is 10.6 Å². The van der Waals surface area contributed by atoms with Gasteiger partial charge in [0, 0.05) is 39.1 Å². The number of hydrogen-bond acceptors (Lipinski definition) is 3. The first-order valence-corrected chi connectivity index (χ1v) is 8.51. The first kappa shape index (κ1) is 14.3. The molecule has 2 N–H and O–H groups in total. The van der Waals surface area contributed by atoms with Crippen molar-refractivity contribution in [1.82, 2.24) is 15.5 Å². The van der Waals surface area contributed by atoms with Gasteiger partial charge in [-0.2, -0.15) is 0 Å². The minimum atomic E-state index is 0.294. The van der Waals surface area contributed by atoms with Crippen LogP contribution in [0.25, 0.3) is 0 Å². The zero-order valence-electron chi connectivity index (χ0n) is 12.6. The Bertz CT molecular complexity index is 328.